The molecule has 23 heavy (non-hydrogen) atoms. The summed E-state index contributed by atoms with van der Waals surface area (Å²) >= 11 is 0. The van der Waals surface area contributed by atoms with E-state index in [-0.39, 0.29) is 16.6 Å². The Morgan fingerprint density at radius 2 is 1.52 bits per heavy atom. The molecule has 2 nitrogen and oxygen atoms in total. The van der Waals surface area contributed by atoms with Gasteiger partial charge in [-0.3, -0.25) is 0 Å². The van der Waals surface area contributed by atoms with Gasteiger partial charge in [-0.2, -0.15) is 0 Å². The highest BCUT2D eigenvalue weighted by Gasteiger charge is 2.21. The molecule has 3 heteroatoms. The number of nitrogens with zero attached hydrogens (tertiary/aromatic N) is 1. The summed E-state index contributed by atoms with van der Waals surface area (Å²) in [6, 6.07) is 10.7. The van der Waals surface area contributed by atoms with Crippen LogP contribution in [0.25, 0.3) is 0 Å². The zero-order chi connectivity index (χ0) is 17.1. The Morgan fingerprint density at radius 3 is 2.04 bits per heavy atom. The van der Waals surface area contributed by atoms with Crippen LogP contribution in [0.4, 0.5) is 4.39 Å². The zero-order valence-electron chi connectivity index (χ0n) is 14.7. The minimum absolute atomic E-state index is 0.0704. The summed E-state index contributed by atoms with van der Waals surface area (Å²) in [7, 11) is 0. The molecule has 0 spiro atoms. The summed E-state index contributed by atoms with van der Waals surface area (Å²) in [4.78, 5) is 4.38. The minimum Gasteiger partial charge on any atom is -0.478 e. The van der Waals surface area contributed by atoms with E-state index >= 15 is 0 Å². The SMILES string of the molecule is CC(C)(C)c1ccc(OCCC(C)(C)c2ccc(F)cc2)nc1. The van der Waals surface area contributed by atoms with Gasteiger partial charge >= 0.3 is 0 Å². The van der Waals surface area contributed by atoms with Crippen molar-refractivity contribution in [2.24, 2.45) is 0 Å². The number of rotatable bonds is 5. The van der Waals surface area contributed by atoms with Gasteiger partial charge in [0.15, 0.2) is 0 Å². The van der Waals surface area contributed by atoms with E-state index in [2.05, 4.69) is 45.7 Å². The topological polar surface area (TPSA) is 22.1 Å². The number of hydrogen-bond acceptors (Lipinski definition) is 2. The molecule has 0 saturated carbocycles. The molecular weight excluding hydrogens is 289 g/mol. The van der Waals surface area contributed by atoms with Crippen LogP contribution < -0.4 is 4.74 Å². The molecule has 1 aromatic heterocycles. The van der Waals surface area contributed by atoms with Crippen LogP contribution in [-0.4, -0.2) is 11.6 Å². The molecule has 0 aliphatic rings. The lowest BCUT2D eigenvalue weighted by Crippen LogP contribution is -2.21. The predicted molar refractivity (Wildman–Crippen MR) is 92.5 cm³/mol. The lowest BCUT2D eigenvalue weighted by molar-refractivity contribution is 0.263. The van der Waals surface area contributed by atoms with Crippen molar-refractivity contribution < 1.29 is 9.13 Å². The monoisotopic (exact) mass is 315 g/mol. The van der Waals surface area contributed by atoms with Crippen LogP contribution in [0.1, 0.15) is 52.2 Å². The number of ether oxygens (including phenoxy) is 1. The maximum atomic E-state index is 13.0. The van der Waals surface area contributed by atoms with Crippen LogP contribution in [0.5, 0.6) is 5.88 Å². The van der Waals surface area contributed by atoms with Gasteiger partial charge in [0, 0.05) is 12.3 Å². The first-order valence-electron chi connectivity index (χ1n) is 8.04. The minimum atomic E-state index is -0.205. The third-order valence-electron chi connectivity index (χ3n) is 4.21. The average molecular weight is 315 g/mol. The highest BCUT2D eigenvalue weighted by molar-refractivity contribution is 5.25. The second-order valence-corrected chi connectivity index (χ2v) is 7.62. The van der Waals surface area contributed by atoms with E-state index < -0.39 is 0 Å². The Kier molecular flexibility index (Phi) is 5.08. The molecular formula is C20H26FNO. The molecule has 0 bridgehead atoms. The van der Waals surface area contributed by atoms with Crippen molar-refractivity contribution >= 4 is 0 Å². The normalized spacial score (nSPS) is 12.3. The number of aromatic nitrogens is 1. The molecule has 124 valence electrons. The summed E-state index contributed by atoms with van der Waals surface area (Å²) in [5, 5.41) is 0. The van der Waals surface area contributed by atoms with Gasteiger partial charge in [0.05, 0.1) is 6.61 Å². The number of benzene rings is 1. The number of pyridine rings is 1. The first-order chi connectivity index (χ1) is 10.7. The van der Waals surface area contributed by atoms with Gasteiger partial charge in [-0.25, -0.2) is 9.37 Å². The maximum absolute atomic E-state index is 13.0. The third-order valence-corrected chi connectivity index (χ3v) is 4.21. The Hall–Kier alpha value is -1.90. The fourth-order valence-corrected chi connectivity index (χ4v) is 2.37. The van der Waals surface area contributed by atoms with Crippen LogP contribution in [0.3, 0.4) is 0 Å². The third kappa shape index (κ3) is 4.78. The molecule has 0 fully saturated rings. The molecule has 1 heterocycles. The standard InChI is InChI=1S/C20H26FNO/c1-19(2,3)16-8-11-18(22-14-16)23-13-12-20(4,5)15-6-9-17(21)10-7-15/h6-11,14H,12-13H2,1-5H3. The van der Waals surface area contributed by atoms with Gasteiger partial charge in [0.1, 0.15) is 5.82 Å². The Labute approximate surface area is 138 Å². The number of halogens is 1. The lowest BCUT2D eigenvalue weighted by atomic mass is 9.82. The van der Waals surface area contributed by atoms with Gasteiger partial charge < -0.3 is 4.74 Å². The Morgan fingerprint density at radius 1 is 0.913 bits per heavy atom. The molecule has 2 rings (SSSR count). The largest absolute Gasteiger partial charge is 0.478 e. The quantitative estimate of drug-likeness (QED) is 0.750. The van der Waals surface area contributed by atoms with Crippen molar-refractivity contribution in [1.29, 1.82) is 0 Å². The van der Waals surface area contributed by atoms with Crippen molar-refractivity contribution in [3.8, 4) is 5.88 Å². The molecule has 2 aromatic rings. The van der Waals surface area contributed by atoms with Gasteiger partial charge in [0.2, 0.25) is 5.88 Å². The smallest absolute Gasteiger partial charge is 0.213 e. The summed E-state index contributed by atoms with van der Waals surface area (Å²) in [5.74, 6) is 0.442. The van der Waals surface area contributed by atoms with E-state index in [1.54, 1.807) is 0 Å². The zero-order valence-corrected chi connectivity index (χ0v) is 14.7. The van der Waals surface area contributed by atoms with E-state index in [0.717, 1.165) is 12.0 Å². The van der Waals surface area contributed by atoms with E-state index in [1.807, 2.05) is 24.4 Å². The van der Waals surface area contributed by atoms with E-state index in [0.29, 0.717) is 12.5 Å². The second kappa shape index (κ2) is 6.69. The van der Waals surface area contributed by atoms with Crippen LogP contribution in [0, 0.1) is 5.82 Å². The molecule has 0 amide bonds. The Bertz CT molecular complexity index is 624. The van der Waals surface area contributed by atoms with Crippen LogP contribution in [0.15, 0.2) is 42.6 Å². The van der Waals surface area contributed by atoms with Crippen molar-refractivity contribution in [3.05, 3.63) is 59.5 Å². The first-order valence-corrected chi connectivity index (χ1v) is 8.04. The van der Waals surface area contributed by atoms with Crippen molar-refractivity contribution in [1.82, 2.24) is 4.98 Å². The van der Waals surface area contributed by atoms with E-state index in [9.17, 15) is 4.39 Å². The van der Waals surface area contributed by atoms with Gasteiger partial charge in [-0.15, -0.1) is 0 Å². The van der Waals surface area contributed by atoms with E-state index in [4.69, 9.17) is 4.74 Å². The lowest BCUT2D eigenvalue weighted by Gasteiger charge is -2.25. The average Bonchev–Trinajstić information content (AvgIpc) is 2.47. The maximum Gasteiger partial charge on any atom is 0.213 e. The highest BCUT2D eigenvalue weighted by atomic mass is 19.1. The van der Waals surface area contributed by atoms with Gasteiger partial charge in [-0.1, -0.05) is 52.8 Å². The second-order valence-electron chi connectivity index (χ2n) is 7.62. The van der Waals surface area contributed by atoms with Crippen molar-refractivity contribution in [3.63, 3.8) is 0 Å². The van der Waals surface area contributed by atoms with Crippen LogP contribution in [0.2, 0.25) is 0 Å². The fraction of sp³-hybridized carbons (Fsp3) is 0.450. The summed E-state index contributed by atoms with van der Waals surface area (Å²) in [6.45, 7) is 11.3. The predicted octanol–water partition coefficient (Wildman–Crippen LogP) is 5.26. The molecule has 0 aliphatic carbocycles. The van der Waals surface area contributed by atoms with Crippen LogP contribution >= 0.6 is 0 Å². The molecule has 0 N–H and O–H groups in total. The van der Waals surface area contributed by atoms with Gasteiger partial charge in [-0.05, 0) is 40.5 Å². The molecule has 0 atom stereocenters. The Balaban J connectivity index is 1.92. The molecule has 0 radical (unpaired) electrons. The molecule has 0 unspecified atom stereocenters. The fourth-order valence-electron chi connectivity index (χ4n) is 2.37. The van der Waals surface area contributed by atoms with Crippen LogP contribution in [-0.2, 0) is 10.8 Å². The van der Waals surface area contributed by atoms with Crippen molar-refractivity contribution in [2.75, 3.05) is 6.61 Å². The molecule has 0 aliphatic heterocycles. The summed E-state index contributed by atoms with van der Waals surface area (Å²) in [5.41, 5.74) is 2.32. The van der Waals surface area contributed by atoms with E-state index in [1.165, 1.54) is 17.7 Å². The molecule has 0 saturated heterocycles. The summed E-state index contributed by atoms with van der Waals surface area (Å²) < 4.78 is 18.8. The first kappa shape index (κ1) is 17.5. The summed E-state index contributed by atoms with van der Waals surface area (Å²) in [6.07, 6.45) is 2.71. The molecule has 1 aromatic carbocycles. The number of hydrogen-bond donors (Lipinski definition) is 0. The highest BCUT2D eigenvalue weighted by Crippen LogP contribution is 2.27. The van der Waals surface area contributed by atoms with Gasteiger partial charge in [0.25, 0.3) is 0 Å². The van der Waals surface area contributed by atoms with Crippen molar-refractivity contribution in [2.45, 2.75) is 51.9 Å².